The van der Waals surface area contributed by atoms with E-state index in [-0.39, 0.29) is 11.7 Å². The quantitative estimate of drug-likeness (QED) is 0.539. The van der Waals surface area contributed by atoms with Crippen molar-refractivity contribution in [2.24, 2.45) is 0 Å². The molecule has 0 unspecified atom stereocenters. The molecule has 0 atom stereocenters. The highest BCUT2D eigenvalue weighted by Gasteiger charge is 2.09. The molecule has 0 fully saturated rings. The summed E-state index contributed by atoms with van der Waals surface area (Å²) >= 11 is 3.00. The molecule has 0 saturated heterocycles. The Labute approximate surface area is 153 Å². The fraction of sp³-hybridized carbons (Fsp3) is 0.167. The first-order valence-corrected chi connectivity index (χ1v) is 9.33. The SMILES string of the molecule is COC(=O)c1ccc(NC(=O)CSc2nc3ccc(C)cc3s2)cc1. The van der Waals surface area contributed by atoms with Crippen molar-refractivity contribution in [3.05, 3.63) is 53.6 Å². The van der Waals surface area contributed by atoms with E-state index in [1.807, 2.05) is 19.1 Å². The van der Waals surface area contributed by atoms with Gasteiger partial charge in [-0.2, -0.15) is 0 Å². The lowest BCUT2D eigenvalue weighted by molar-refractivity contribution is -0.113. The predicted molar refractivity (Wildman–Crippen MR) is 101 cm³/mol. The first-order valence-electron chi connectivity index (χ1n) is 7.53. The topological polar surface area (TPSA) is 68.3 Å². The normalized spacial score (nSPS) is 10.6. The Bertz CT molecular complexity index is 920. The monoisotopic (exact) mass is 372 g/mol. The summed E-state index contributed by atoms with van der Waals surface area (Å²) in [6.45, 7) is 2.05. The van der Waals surface area contributed by atoms with Crippen LogP contribution in [0.1, 0.15) is 15.9 Å². The van der Waals surface area contributed by atoms with Gasteiger partial charge in [-0.15, -0.1) is 11.3 Å². The van der Waals surface area contributed by atoms with E-state index in [2.05, 4.69) is 21.1 Å². The van der Waals surface area contributed by atoms with Gasteiger partial charge in [-0.1, -0.05) is 17.8 Å². The van der Waals surface area contributed by atoms with Crippen molar-refractivity contribution in [1.29, 1.82) is 0 Å². The molecule has 0 aliphatic carbocycles. The van der Waals surface area contributed by atoms with Crippen molar-refractivity contribution >= 4 is 50.9 Å². The number of aryl methyl sites for hydroxylation is 1. The van der Waals surface area contributed by atoms with Gasteiger partial charge in [-0.3, -0.25) is 4.79 Å². The number of fused-ring (bicyclic) bond motifs is 1. The first-order chi connectivity index (χ1) is 12.0. The van der Waals surface area contributed by atoms with E-state index in [1.54, 1.807) is 35.6 Å². The number of hydrogen-bond acceptors (Lipinski definition) is 6. The molecular formula is C18H16N2O3S2. The fourth-order valence-corrected chi connectivity index (χ4v) is 4.17. The second-order valence-corrected chi connectivity index (χ2v) is 7.61. The van der Waals surface area contributed by atoms with E-state index < -0.39 is 5.97 Å². The Kier molecular flexibility index (Phi) is 5.35. The zero-order chi connectivity index (χ0) is 17.8. The van der Waals surface area contributed by atoms with Crippen LogP contribution in [0.2, 0.25) is 0 Å². The van der Waals surface area contributed by atoms with Gasteiger partial charge < -0.3 is 10.1 Å². The minimum absolute atomic E-state index is 0.119. The number of rotatable bonds is 5. The maximum atomic E-state index is 12.1. The lowest BCUT2D eigenvalue weighted by atomic mass is 10.2. The third kappa shape index (κ3) is 4.37. The number of amides is 1. The molecule has 1 N–H and O–H groups in total. The Hall–Kier alpha value is -2.38. The molecule has 0 aliphatic rings. The molecule has 3 rings (SSSR count). The molecule has 3 aromatic rings. The average Bonchev–Trinajstić information content (AvgIpc) is 3.02. The van der Waals surface area contributed by atoms with Crippen molar-refractivity contribution < 1.29 is 14.3 Å². The standard InChI is InChI=1S/C18H16N2O3S2/c1-11-3-8-14-15(9-11)25-18(20-14)24-10-16(21)19-13-6-4-12(5-7-13)17(22)23-2/h3-9H,10H2,1-2H3,(H,19,21). The van der Waals surface area contributed by atoms with Crippen LogP contribution in [0.3, 0.4) is 0 Å². The third-order valence-corrected chi connectivity index (χ3v) is 5.60. The van der Waals surface area contributed by atoms with Gasteiger partial charge in [-0.05, 0) is 48.9 Å². The molecule has 2 aromatic carbocycles. The summed E-state index contributed by atoms with van der Waals surface area (Å²) in [5.74, 6) is -0.247. The number of nitrogens with zero attached hydrogens (tertiary/aromatic N) is 1. The Balaban J connectivity index is 1.57. The summed E-state index contributed by atoms with van der Waals surface area (Å²) in [4.78, 5) is 28.0. The Morgan fingerprint density at radius 1 is 1.20 bits per heavy atom. The van der Waals surface area contributed by atoms with Crippen molar-refractivity contribution in [1.82, 2.24) is 4.98 Å². The number of thioether (sulfide) groups is 1. The number of aromatic nitrogens is 1. The molecule has 128 valence electrons. The molecule has 1 amide bonds. The number of carbonyl (C=O) groups excluding carboxylic acids is 2. The fourth-order valence-electron chi connectivity index (χ4n) is 2.20. The van der Waals surface area contributed by atoms with Gasteiger partial charge in [0.2, 0.25) is 5.91 Å². The van der Waals surface area contributed by atoms with Gasteiger partial charge in [0.15, 0.2) is 4.34 Å². The van der Waals surface area contributed by atoms with Gasteiger partial charge in [0.1, 0.15) is 0 Å². The van der Waals surface area contributed by atoms with Crippen molar-refractivity contribution in [3.8, 4) is 0 Å². The highest BCUT2D eigenvalue weighted by molar-refractivity contribution is 8.01. The molecule has 1 heterocycles. The number of nitrogens with one attached hydrogen (secondary N) is 1. The minimum Gasteiger partial charge on any atom is -0.465 e. The molecule has 0 aliphatic heterocycles. The smallest absolute Gasteiger partial charge is 0.337 e. The molecule has 1 aromatic heterocycles. The van der Waals surface area contributed by atoms with Crippen molar-refractivity contribution in [2.75, 3.05) is 18.2 Å². The minimum atomic E-state index is -0.403. The van der Waals surface area contributed by atoms with Crippen LogP contribution < -0.4 is 5.32 Å². The highest BCUT2D eigenvalue weighted by Crippen LogP contribution is 2.30. The van der Waals surface area contributed by atoms with E-state index >= 15 is 0 Å². The molecule has 0 spiro atoms. The van der Waals surface area contributed by atoms with Gasteiger partial charge >= 0.3 is 5.97 Å². The van der Waals surface area contributed by atoms with Gasteiger partial charge in [0.05, 0.1) is 28.6 Å². The molecule has 0 radical (unpaired) electrons. The lowest BCUT2D eigenvalue weighted by Crippen LogP contribution is -2.14. The summed E-state index contributed by atoms with van der Waals surface area (Å²) in [6, 6.07) is 12.7. The van der Waals surface area contributed by atoms with Crippen LogP contribution >= 0.6 is 23.1 Å². The maximum absolute atomic E-state index is 12.1. The lowest BCUT2D eigenvalue weighted by Gasteiger charge is -2.05. The number of thiazole rings is 1. The van der Waals surface area contributed by atoms with Crippen molar-refractivity contribution in [2.45, 2.75) is 11.3 Å². The summed E-state index contributed by atoms with van der Waals surface area (Å²) in [5.41, 5.74) is 3.23. The molecule has 7 heteroatoms. The zero-order valence-electron chi connectivity index (χ0n) is 13.7. The van der Waals surface area contributed by atoms with Gasteiger partial charge in [0.25, 0.3) is 0 Å². The molecule has 5 nitrogen and oxygen atoms in total. The van der Waals surface area contributed by atoms with E-state index in [1.165, 1.54) is 24.4 Å². The summed E-state index contributed by atoms with van der Waals surface area (Å²) in [7, 11) is 1.33. The second-order valence-electron chi connectivity index (χ2n) is 5.36. The van der Waals surface area contributed by atoms with Gasteiger partial charge in [0, 0.05) is 5.69 Å². The van der Waals surface area contributed by atoms with Crippen LogP contribution in [0.5, 0.6) is 0 Å². The highest BCUT2D eigenvalue weighted by atomic mass is 32.2. The van der Waals surface area contributed by atoms with Crippen LogP contribution in [-0.2, 0) is 9.53 Å². The predicted octanol–water partition coefficient (Wildman–Crippen LogP) is 4.12. The van der Waals surface area contributed by atoms with Crippen LogP contribution in [0, 0.1) is 6.92 Å². The largest absolute Gasteiger partial charge is 0.465 e. The van der Waals surface area contributed by atoms with Crippen LogP contribution in [0.15, 0.2) is 46.8 Å². The number of ether oxygens (including phenoxy) is 1. The summed E-state index contributed by atoms with van der Waals surface area (Å²) < 4.78 is 6.64. The van der Waals surface area contributed by atoms with Crippen LogP contribution in [0.25, 0.3) is 10.2 Å². The Morgan fingerprint density at radius 3 is 2.68 bits per heavy atom. The van der Waals surface area contributed by atoms with E-state index in [0.717, 1.165) is 14.6 Å². The second kappa shape index (κ2) is 7.67. The third-order valence-electron chi connectivity index (χ3n) is 3.44. The molecule has 0 bridgehead atoms. The number of hydrogen-bond donors (Lipinski definition) is 1. The average molecular weight is 372 g/mol. The van der Waals surface area contributed by atoms with Gasteiger partial charge in [-0.25, -0.2) is 9.78 Å². The summed E-state index contributed by atoms with van der Waals surface area (Å²) in [5, 5.41) is 2.80. The molecular weight excluding hydrogens is 356 g/mol. The molecule has 0 saturated carbocycles. The number of anilines is 1. The van der Waals surface area contributed by atoms with Crippen LogP contribution in [0.4, 0.5) is 5.69 Å². The maximum Gasteiger partial charge on any atom is 0.337 e. The number of esters is 1. The van der Waals surface area contributed by atoms with E-state index in [0.29, 0.717) is 11.3 Å². The van der Waals surface area contributed by atoms with Crippen LogP contribution in [-0.4, -0.2) is 29.7 Å². The number of benzene rings is 2. The summed E-state index contributed by atoms with van der Waals surface area (Å²) in [6.07, 6.45) is 0. The van der Waals surface area contributed by atoms with E-state index in [4.69, 9.17) is 0 Å². The van der Waals surface area contributed by atoms with E-state index in [9.17, 15) is 9.59 Å². The number of methoxy groups -OCH3 is 1. The Morgan fingerprint density at radius 2 is 1.96 bits per heavy atom. The van der Waals surface area contributed by atoms with Crippen molar-refractivity contribution in [3.63, 3.8) is 0 Å². The zero-order valence-corrected chi connectivity index (χ0v) is 15.4. The molecule has 25 heavy (non-hydrogen) atoms. The number of carbonyl (C=O) groups is 2. The first kappa shape index (κ1) is 17.4.